The summed E-state index contributed by atoms with van der Waals surface area (Å²) in [5, 5.41) is 14.6. The van der Waals surface area contributed by atoms with Gasteiger partial charge in [-0.25, -0.2) is 0 Å². The zero-order valence-corrected chi connectivity index (χ0v) is 10.8. The summed E-state index contributed by atoms with van der Waals surface area (Å²) >= 11 is 23.9. The van der Waals surface area contributed by atoms with E-state index in [1.807, 2.05) is 0 Å². The van der Waals surface area contributed by atoms with E-state index >= 15 is 0 Å². The van der Waals surface area contributed by atoms with E-state index in [1.54, 1.807) is 0 Å². The summed E-state index contributed by atoms with van der Waals surface area (Å²) in [5.41, 5.74) is 0. The van der Waals surface area contributed by atoms with Crippen molar-refractivity contribution in [1.82, 2.24) is 0 Å². The standard InChI is InChI=1S/C2H4O2.CHCl3.CH2Cl2.CH4O/c1-2(3)4;2-1(3)4;2-1-3;1-2/h1H3,(H,3,4);1H;1H2;2H,1H3. The average molecular weight is 296 g/mol. The Kier molecular flexibility index (Phi) is 53.1. The largest absolute Gasteiger partial charge is 0.481 e. The number of alkyl halides is 5. The fourth-order valence-corrected chi connectivity index (χ4v) is 0. The lowest BCUT2D eigenvalue weighted by molar-refractivity contribution is -0.134. The Morgan fingerprint density at radius 3 is 1.23 bits per heavy atom. The number of carbonyl (C=O) groups is 1. The molecular formula is C5H11Cl5O3. The highest BCUT2D eigenvalue weighted by Gasteiger charge is 1.78. The molecule has 84 valence electrons. The first kappa shape index (κ1) is 23.6. The van der Waals surface area contributed by atoms with Gasteiger partial charge in [-0.15, -0.1) is 23.2 Å². The minimum Gasteiger partial charge on any atom is -0.481 e. The van der Waals surface area contributed by atoms with E-state index in [4.69, 9.17) is 73.0 Å². The molecule has 0 saturated heterocycles. The van der Waals surface area contributed by atoms with Gasteiger partial charge in [0.15, 0.2) is 4.30 Å². The summed E-state index contributed by atoms with van der Waals surface area (Å²) in [5.74, 6) is -0.833. The molecule has 0 rings (SSSR count). The number of hydrogen-bond donors (Lipinski definition) is 2. The minimum atomic E-state index is -0.833. The van der Waals surface area contributed by atoms with Crippen molar-refractivity contribution in [2.24, 2.45) is 0 Å². The zero-order valence-electron chi connectivity index (χ0n) is 6.98. The van der Waals surface area contributed by atoms with Gasteiger partial charge in [0.1, 0.15) is 0 Å². The fraction of sp³-hybridized carbons (Fsp3) is 0.800. The predicted octanol–water partition coefficient (Wildman–Crippen LogP) is 3.11. The van der Waals surface area contributed by atoms with Crippen LogP contribution in [-0.2, 0) is 4.79 Å². The number of halogens is 5. The Morgan fingerprint density at radius 1 is 1.23 bits per heavy atom. The molecular weight excluding hydrogens is 285 g/mol. The van der Waals surface area contributed by atoms with E-state index < -0.39 is 10.3 Å². The number of rotatable bonds is 0. The van der Waals surface area contributed by atoms with Crippen LogP contribution in [0, 0.1) is 0 Å². The lowest BCUT2D eigenvalue weighted by Crippen LogP contribution is -1.78. The second-order valence-electron chi connectivity index (χ2n) is 0.867. The average Bonchev–Trinajstić information content (AvgIpc) is 1.89. The van der Waals surface area contributed by atoms with Crippen LogP contribution < -0.4 is 0 Å². The van der Waals surface area contributed by atoms with Gasteiger partial charge >= 0.3 is 0 Å². The monoisotopic (exact) mass is 294 g/mol. The normalized spacial score (nSPS) is 6.54. The minimum absolute atomic E-state index is 0.194. The van der Waals surface area contributed by atoms with Crippen LogP contribution in [0.2, 0.25) is 0 Å². The molecule has 0 unspecified atom stereocenters. The van der Waals surface area contributed by atoms with Gasteiger partial charge in [0.25, 0.3) is 5.97 Å². The number of aliphatic hydroxyl groups is 1. The van der Waals surface area contributed by atoms with Crippen molar-refractivity contribution in [3.05, 3.63) is 0 Å². The van der Waals surface area contributed by atoms with Crippen LogP contribution in [-0.4, -0.2) is 32.9 Å². The van der Waals surface area contributed by atoms with E-state index in [1.165, 1.54) is 0 Å². The van der Waals surface area contributed by atoms with E-state index in [2.05, 4.69) is 0 Å². The molecule has 2 N–H and O–H groups in total. The Bertz CT molecular complexity index is 73.8. The fourth-order valence-electron chi connectivity index (χ4n) is 0. The SMILES string of the molecule is CC(=O)O.CO.ClC(Cl)Cl.ClCCl. The van der Waals surface area contributed by atoms with Gasteiger partial charge in [0, 0.05) is 14.0 Å². The van der Waals surface area contributed by atoms with Crippen LogP contribution in [0.3, 0.4) is 0 Å². The molecule has 0 spiro atoms. The smallest absolute Gasteiger partial charge is 0.300 e. The third-order valence-electron chi connectivity index (χ3n) is 0. The second kappa shape index (κ2) is 29.3. The number of carboxylic acid groups (broad SMARTS) is 1. The van der Waals surface area contributed by atoms with Crippen molar-refractivity contribution in [2.75, 3.05) is 12.4 Å². The molecule has 0 saturated carbocycles. The maximum absolute atomic E-state index is 9.00. The molecule has 0 aromatic rings. The highest BCUT2D eigenvalue weighted by molar-refractivity contribution is 6.63. The molecule has 0 aliphatic carbocycles. The zero-order chi connectivity index (χ0) is 11.9. The summed E-state index contributed by atoms with van der Waals surface area (Å²) in [6.07, 6.45) is 0. The number of hydrogen-bond acceptors (Lipinski definition) is 2. The van der Waals surface area contributed by atoms with Crippen molar-refractivity contribution in [1.29, 1.82) is 0 Å². The summed E-state index contributed by atoms with van der Waals surface area (Å²) in [4.78, 5) is 9.00. The molecule has 0 heterocycles. The number of carboxylic acids is 1. The van der Waals surface area contributed by atoms with Crippen LogP contribution in [0.15, 0.2) is 0 Å². The van der Waals surface area contributed by atoms with Crippen molar-refractivity contribution >= 4 is 64.0 Å². The van der Waals surface area contributed by atoms with E-state index in [9.17, 15) is 0 Å². The molecule has 0 aromatic heterocycles. The summed E-state index contributed by atoms with van der Waals surface area (Å²) < 4.78 is -0.750. The van der Waals surface area contributed by atoms with E-state index in [0.717, 1.165) is 14.0 Å². The molecule has 0 aromatic carbocycles. The van der Waals surface area contributed by atoms with Gasteiger partial charge in [0.2, 0.25) is 0 Å². The summed E-state index contributed by atoms with van der Waals surface area (Å²) in [6.45, 7) is 1.08. The van der Waals surface area contributed by atoms with Gasteiger partial charge in [-0.3, -0.25) is 4.79 Å². The Morgan fingerprint density at radius 2 is 1.23 bits per heavy atom. The van der Waals surface area contributed by atoms with Crippen LogP contribution in [0.1, 0.15) is 6.92 Å². The first-order valence-corrected chi connectivity index (χ1v) is 4.94. The Balaban J connectivity index is -0.0000000431. The molecule has 0 fully saturated rings. The number of aliphatic hydroxyl groups excluding tert-OH is 1. The van der Waals surface area contributed by atoms with Crippen molar-refractivity contribution in [3.8, 4) is 0 Å². The van der Waals surface area contributed by atoms with Crippen LogP contribution in [0.25, 0.3) is 0 Å². The van der Waals surface area contributed by atoms with Crippen LogP contribution in [0.5, 0.6) is 0 Å². The maximum atomic E-state index is 9.00. The number of aliphatic carboxylic acids is 1. The molecule has 0 aliphatic rings. The lowest BCUT2D eigenvalue weighted by atomic mass is 10.9. The maximum Gasteiger partial charge on any atom is 0.300 e. The van der Waals surface area contributed by atoms with E-state index in [0.29, 0.717) is 0 Å². The molecule has 0 atom stereocenters. The van der Waals surface area contributed by atoms with Gasteiger partial charge in [-0.05, 0) is 0 Å². The van der Waals surface area contributed by atoms with Crippen molar-refractivity contribution in [3.63, 3.8) is 0 Å². The van der Waals surface area contributed by atoms with Crippen LogP contribution >= 0.6 is 58.0 Å². The van der Waals surface area contributed by atoms with Gasteiger partial charge in [-0.2, -0.15) is 0 Å². The lowest BCUT2D eigenvalue weighted by Gasteiger charge is -1.69. The third kappa shape index (κ3) is 1970. The summed E-state index contributed by atoms with van der Waals surface area (Å²) in [7, 11) is 1.00. The molecule has 8 heteroatoms. The highest BCUT2D eigenvalue weighted by Crippen LogP contribution is 2.03. The molecule has 0 amide bonds. The third-order valence-corrected chi connectivity index (χ3v) is 0. The predicted molar refractivity (Wildman–Crippen MR) is 59.4 cm³/mol. The van der Waals surface area contributed by atoms with Gasteiger partial charge in [0.05, 0.1) is 5.34 Å². The molecule has 0 radical (unpaired) electrons. The first-order valence-electron chi connectivity index (χ1n) is 2.56. The Hall–Kier alpha value is 0.880. The molecule has 0 aliphatic heterocycles. The summed E-state index contributed by atoms with van der Waals surface area (Å²) in [6, 6.07) is 0. The molecule has 0 bridgehead atoms. The first-order chi connectivity index (χ1) is 5.88. The van der Waals surface area contributed by atoms with Crippen LogP contribution in [0.4, 0.5) is 0 Å². The van der Waals surface area contributed by atoms with E-state index in [-0.39, 0.29) is 5.34 Å². The Labute approximate surface area is 102 Å². The second-order valence-corrected chi connectivity index (χ2v) is 3.66. The van der Waals surface area contributed by atoms with Gasteiger partial charge < -0.3 is 10.2 Å². The highest BCUT2D eigenvalue weighted by atomic mass is 35.6. The molecule has 3 nitrogen and oxygen atoms in total. The quantitative estimate of drug-likeness (QED) is 0.675. The van der Waals surface area contributed by atoms with Crippen molar-refractivity contribution in [2.45, 2.75) is 11.2 Å². The topological polar surface area (TPSA) is 57.5 Å². The van der Waals surface area contributed by atoms with Gasteiger partial charge in [-0.1, -0.05) is 34.8 Å². The molecule has 13 heavy (non-hydrogen) atoms. The van der Waals surface area contributed by atoms with Crippen molar-refractivity contribution < 1.29 is 15.0 Å².